The van der Waals surface area contributed by atoms with Crippen LogP contribution < -0.4 is 11.1 Å². The fourth-order valence-electron chi connectivity index (χ4n) is 1.01. The molecular weight excluding hydrogens is 140 g/mol. The lowest BCUT2D eigenvalue weighted by Gasteiger charge is -2.19. The van der Waals surface area contributed by atoms with Gasteiger partial charge in [-0.2, -0.15) is 0 Å². The first kappa shape index (κ1) is 7.85. The zero-order valence-electron chi connectivity index (χ0n) is 6.64. The SMILES string of the molecule is C[C]1NC(C)=CC=C1C(N)=O. The van der Waals surface area contributed by atoms with Crippen LogP contribution in [0.5, 0.6) is 0 Å². The number of allylic oxidation sites excluding steroid dienone is 3. The largest absolute Gasteiger partial charge is 0.377 e. The summed E-state index contributed by atoms with van der Waals surface area (Å²) >= 11 is 0. The third kappa shape index (κ3) is 1.61. The number of dihydropyridines is 1. The highest BCUT2D eigenvalue weighted by atomic mass is 16.1. The summed E-state index contributed by atoms with van der Waals surface area (Å²) in [7, 11) is 0. The number of nitrogens with two attached hydrogens (primary N) is 1. The highest BCUT2D eigenvalue weighted by Gasteiger charge is 2.16. The summed E-state index contributed by atoms with van der Waals surface area (Å²) < 4.78 is 0. The van der Waals surface area contributed by atoms with Crippen molar-refractivity contribution < 1.29 is 4.79 Å². The van der Waals surface area contributed by atoms with Crippen LogP contribution in [0, 0.1) is 6.04 Å². The van der Waals surface area contributed by atoms with Crippen LogP contribution in [0.1, 0.15) is 13.8 Å². The van der Waals surface area contributed by atoms with E-state index in [-0.39, 0.29) is 0 Å². The zero-order valence-corrected chi connectivity index (χ0v) is 6.64. The van der Waals surface area contributed by atoms with Gasteiger partial charge in [-0.05, 0) is 26.0 Å². The second-order valence-corrected chi connectivity index (χ2v) is 2.54. The molecule has 0 aromatic rings. The fraction of sp³-hybridized carbons (Fsp3) is 0.250. The van der Waals surface area contributed by atoms with Gasteiger partial charge in [0.25, 0.3) is 0 Å². The first-order chi connectivity index (χ1) is 5.11. The Bertz CT molecular complexity index is 240. The number of carbonyl (C=O) groups excluding carboxylic acids is 1. The van der Waals surface area contributed by atoms with Crippen LogP contribution in [0.15, 0.2) is 23.4 Å². The Balaban J connectivity index is 2.87. The summed E-state index contributed by atoms with van der Waals surface area (Å²) in [5.41, 5.74) is 6.68. The smallest absolute Gasteiger partial charge is 0.247 e. The van der Waals surface area contributed by atoms with E-state index in [2.05, 4.69) is 5.32 Å². The van der Waals surface area contributed by atoms with Crippen molar-refractivity contribution in [2.24, 2.45) is 5.73 Å². The quantitative estimate of drug-likeness (QED) is 0.572. The predicted octanol–water partition coefficient (Wildman–Crippen LogP) is 0.457. The van der Waals surface area contributed by atoms with E-state index in [0.717, 1.165) is 11.7 Å². The van der Waals surface area contributed by atoms with Gasteiger partial charge < -0.3 is 11.1 Å². The van der Waals surface area contributed by atoms with Gasteiger partial charge in [-0.15, -0.1) is 0 Å². The molecule has 1 amide bonds. The molecule has 1 aliphatic heterocycles. The van der Waals surface area contributed by atoms with E-state index in [9.17, 15) is 4.79 Å². The van der Waals surface area contributed by atoms with Gasteiger partial charge in [-0.3, -0.25) is 4.79 Å². The Kier molecular flexibility index (Phi) is 1.98. The Morgan fingerprint density at radius 3 is 2.55 bits per heavy atom. The molecule has 0 saturated heterocycles. The van der Waals surface area contributed by atoms with Crippen LogP contribution in [-0.2, 0) is 4.79 Å². The second-order valence-electron chi connectivity index (χ2n) is 2.54. The maximum absolute atomic E-state index is 10.7. The van der Waals surface area contributed by atoms with Gasteiger partial charge in [0.1, 0.15) is 0 Å². The predicted molar refractivity (Wildman–Crippen MR) is 43.1 cm³/mol. The standard InChI is InChI=1S/C8H11N2O/c1-5-3-4-7(8(9)11)6(2)10-5/h3-4,10H,1-2H3,(H2,9,11). The van der Waals surface area contributed by atoms with Gasteiger partial charge in [0.15, 0.2) is 0 Å². The van der Waals surface area contributed by atoms with Crippen LogP contribution in [0.4, 0.5) is 0 Å². The highest BCUT2D eigenvalue weighted by molar-refractivity contribution is 5.95. The van der Waals surface area contributed by atoms with Crippen LogP contribution in [0.25, 0.3) is 0 Å². The second kappa shape index (κ2) is 2.78. The van der Waals surface area contributed by atoms with Crippen molar-refractivity contribution in [2.75, 3.05) is 0 Å². The molecule has 0 unspecified atom stereocenters. The monoisotopic (exact) mass is 151 g/mol. The van der Waals surface area contributed by atoms with Crippen molar-refractivity contribution in [3.05, 3.63) is 29.5 Å². The number of amides is 1. The highest BCUT2D eigenvalue weighted by Crippen LogP contribution is 2.15. The lowest BCUT2D eigenvalue weighted by Crippen LogP contribution is -2.28. The molecule has 3 heteroatoms. The van der Waals surface area contributed by atoms with Crippen molar-refractivity contribution in [2.45, 2.75) is 13.8 Å². The van der Waals surface area contributed by atoms with Gasteiger partial charge in [0.2, 0.25) is 5.91 Å². The molecule has 1 aliphatic rings. The minimum absolute atomic E-state index is 0.390. The van der Waals surface area contributed by atoms with Crippen LogP contribution in [0.3, 0.4) is 0 Å². The van der Waals surface area contributed by atoms with Gasteiger partial charge in [0.05, 0.1) is 6.04 Å². The number of rotatable bonds is 1. The molecule has 0 aliphatic carbocycles. The summed E-state index contributed by atoms with van der Waals surface area (Å²) in [6.07, 6.45) is 3.55. The molecule has 1 heterocycles. The lowest BCUT2D eigenvalue weighted by molar-refractivity contribution is -0.114. The lowest BCUT2D eigenvalue weighted by atomic mass is 10.0. The summed E-state index contributed by atoms with van der Waals surface area (Å²) in [6.45, 7) is 3.75. The summed E-state index contributed by atoms with van der Waals surface area (Å²) in [4.78, 5) is 10.7. The van der Waals surface area contributed by atoms with E-state index >= 15 is 0 Å². The maximum Gasteiger partial charge on any atom is 0.247 e. The van der Waals surface area contributed by atoms with Crippen LogP contribution in [0.2, 0.25) is 0 Å². The molecular formula is C8H11N2O. The van der Waals surface area contributed by atoms with Gasteiger partial charge in [0, 0.05) is 11.3 Å². The number of hydrogen-bond acceptors (Lipinski definition) is 2. The van der Waals surface area contributed by atoms with E-state index in [1.165, 1.54) is 0 Å². The molecule has 3 N–H and O–H groups in total. The third-order valence-corrected chi connectivity index (χ3v) is 1.55. The number of carbonyl (C=O) groups is 1. The van der Waals surface area contributed by atoms with E-state index in [1.807, 2.05) is 19.9 Å². The molecule has 0 aromatic carbocycles. The Hall–Kier alpha value is -1.25. The third-order valence-electron chi connectivity index (χ3n) is 1.55. The molecule has 0 fully saturated rings. The molecule has 0 spiro atoms. The molecule has 59 valence electrons. The van der Waals surface area contributed by atoms with Crippen molar-refractivity contribution in [1.29, 1.82) is 0 Å². The van der Waals surface area contributed by atoms with Crippen molar-refractivity contribution >= 4 is 5.91 Å². The average Bonchev–Trinajstić information content (AvgIpc) is 1.85. The molecule has 3 nitrogen and oxygen atoms in total. The van der Waals surface area contributed by atoms with Crippen LogP contribution in [-0.4, -0.2) is 5.91 Å². The topological polar surface area (TPSA) is 55.1 Å². The zero-order chi connectivity index (χ0) is 8.43. The molecule has 0 aromatic heterocycles. The molecule has 1 radical (unpaired) electrons. The summed E-state index contributed by atoms with van der Waals surface area (Å²) in [5.74, 6) is -0.390. The Morgan fingerprint density at radius 2 is 2.09 bits per heavy atom. The molecule has 0 bridgehead atoms. The Labute approximate surface area is 66.0 Å². The van der Waals surface area contributed by atoms with E-state index < -0.39 is 5.91 Å². The molecule has 0 saturated carbocycles. The van der Waals surface area contributed by atoms with E-state index in [1.54, 1.807) is 6.08 Å². The number of primary amides is 1. The van der Waals surface area contributed by atoms with Gasteiger partial charge >= 0.3 is 0 Å². The minimum Gasteiger partial charge on any atom is -0.377 e. The minimum atomic E-state index is -0.390. The normalized spacial score (nSPS) is 18.4. The van der Waals surface area contributed by atoms with Crippen molar-refractivity contribution in [3.63, 3.8) is 0 Å². The average molecular weight is 151 g/mol. The van der Waals surface area contributed by atoms with Gasteiger partial charge in [-0.1, -0.05) is 0 Å². The van der Waals surface area contributed by atoms with E-state index in [0.29, 0.717) is 5.57 Å². The van der Waals surface area contributed by atoms with E-state index in [4.69, 9.17) is 5.73 Å². The first-order valence-electron chi connectivity index (χ1n) is 3.40. The molecule has 1 rings (SSSR count). The first-order valence-corrected chi connectivity index (χ1v) is 3.40. The van der Waals surface area contributed by atoms with Crippen molar-refractivity contribution in [3.8, 4) is 0 Å². The van der Waals surface area contributed by atoms with Crippen molar-refractivity contribution in [1.82, 2.24) is 5.32 Å². The summed E-state index contributed by atoms with van der Waals surface area (Å²) in [5, 5.41) is 3.02. The number of nitrogens with one attached hydrogen (secondary N) is 1. The fourth-order valence-corrected chi connectivity index (χ4v) is 1.01. The maximum atomic E-state index is 10.7. The van der Waals surface area contributed by atoms with Crippen LogP contribution >= 0.6 is 0 Å². The van der Waals surface area contributed by atoms with Gasteiger partial charge in [-0.25, -0.2) is 0 Å². The number of hydrogen-bond donors (Lipinski definition) is 2. The molecule has 0 atom stereocenters. The Morgan fingerprint density at radius 1 is 1.45 bits per heavy atom. The summed E-state index contributed by atoms with van der Waals surface area (Å²) in [6, 6.07) is 0.817. The molecule has 11 heavy (non-hydrogen) atoms.